The van der Waals surface area contributed by atoms with Crippen molar-refractivity contribution < 1.29 is 0 Å². The normalized spacial score (nSPS) is 22.9. The standard InChI is InChI=1S/C13H20BrN3/c1-10-8-17(6-5-16(10)2)9-11-3-4-13(15)12(14)7-11/h3-4,7,10H,5-6,8-9,15H2,1-2H3. The third-order valence-corrected chi connectivity index (χ3v) is 4.20. The molecular formula is C13H20BrN3. The van der Waals surface area contributed by atoms with Gasteiger partial charge in [-0.05, 0) is 47.6 Å². The quantitative estimate of drug-likeness (QED) is 0.849. The number of rotatable bonds is 2. The van der Waals surface area contributed by atoms with Gasteiger partial charge >= 0.3 is 0 Å². The SMILES string of the molecule is CC1CN(Cc2ccc(N)c(Br)c2)CCN1C. The largest absolute Gasteiger partial charge is 0.398 e. The lowest BCUT2D eigenvalue weighted by Crippen LogP contribution is -2.49. The number of nitrogen functional groups attached to an aromatic ring is 1. The Bertz CT molecular complexity index is 394. The summed E-state index contributed by atoms with van der Waals surface area (Å²) in [6, 6.07) is 6.85. The number of nitrogens with zero attached hydrogens (tertiary/aromatic N) is 2. The van der Waals surface area contributed by atoms with E-state index in [1.54, 1.807) is 0 Å². The Morgan fingerprint density at radius 2 is 2.18 bits per heavy atom. The molecule has 1 heterocycles. The maximum atomic E-state index is 5.79. The van der Waals surface area contributed by atoms with Gasteiger partial charge in [0.2, 0.25) is 0 Å². The molecule has 4 heteroatoms. The van der Waals surface area contributed by atoms with Crippen LogP contribution in [0.15, 0.2) is 22.7 Å². The molecule has 1 aromatic rings. The first-order valence-electron chi connectivity index (χ1n) is 6.03. The van der Waals surface area contributed by atoms with Crippen LogP contribution in [0.1, 0.15) is 12.5 Å². The number of nitrogens with two attached hydrogens (primary N) is 1. The van der Waals surface area contributed by atoms with Gasteiger partial charge in [0.05, 0.1) is 0 Å². The highest BCUT2D eigenvalue weighted by Crippen LogP contribution is 2.21. The average Bonchev–Trinajstić information content (AvgIpc) is 2.29. The number of hydrogen-bond acceptors (Lipinski definition) is 3. The zero-order valence-corrected chi connectivity index (χ0v) is 12.1. The molecule has 1 saturated heterocycles. The third-order valence-electron chi connectivity index (χ3n) is 3.51. The monoisotopic (exact) mass is 297 g/mol. The first kappa shape index (κ1) is 12.9. The van der Waals surface area contributed by atoms with E-state index in [4.69, 9.17) is 5.73 Å². The highest BCUT2D eigenvalue weighted by molar-refractivity contribution is 9.10. The Kier molecular flexibility index (Phi) is 4.07. The fourth-order valence-electron chi connectivity index (χ4n) is 2.19. The molecule has 2 N–H and O–H groups in total. The van der Waals surface area contributed by atoms with Gasteiger partial charge in [-0.15, -0.1) is 0 Å². The molecule has 1 aliphatic rings. The molecule has 0 spiro atoms. The summed E-state index contributed by atoms with van der Waals surface area (Å²) in [6.07, 6.45) is 0. The maximum Gasteiger partial charge on any atom is 0.0458 e. The van der Waals surface area contributed by atoms with Crippen molar-refractivity contribution in [2.45, 2.75) is 19.5 Å². The molecule has 0 amide bonds. The van der Waals surface area contributed by atoms with Crippen molar-refractivity contribution in [2.24, 2.45) is 0 Å². The molecule has 1 aromatic carbocycles. The van der Waals surface area contributed by atoms with Crippen LogP contribution in [-0.4, -0.2) is 42.5 Å². The lowest BCUT2D eigenvalue weighted by molar-refractivity contribution is 0.1000. The van der Waals surface area contributed by atoms with Gasteiger partial charge in [0.1, 0.15) is 0 Å². The molecule has 17 heavy (non-hydrogen) atoms. The molecule has 0 aliphatic carbocycles. The van der Waals surface area contributed by atoms with Gasteiger partial charge in [-0.25, -0.2) is 0 Å². The van der Waals surface area contributed by atoms with Crippen LogP contribution in [0.3, 0.4) is 0 Å². The zero-order valence-electron chi connectivity index (χ0n) is 10.5. The van der Waals surface area contributed by atoms with E-state index >= 15 is 0 Å². The smallest absolute Gasteiger partial charge is 0.0458 e. The number of hydrogen-bond donors (Lipinski definition) is 1. The summed E-state index contributed by atoms with van der Waals surface area (Å²) in [5.74, 6) is 0. The predicted molar refractivity (Wildman–Crippen MR) is 75.9 cm³/mol. The molecule has 94 valence electrons. The van der Waals surface area contributed by atoms with Crippen LogP contribution in [0.25, 0.3) is 0 Å². The highest BCUT2D eigenvalue weighted by Gasteiger charge is 2.20. The lowest BCUT2D eigenvalue weighted by Gasteiger charge is -2.37. The molecule has 0 saturated carbocycles. The molecule has 1 atom stereocenters. The number of anilines is 1. The highest BCUT2D eigenvalue weighted by atomic mass is 79.9. The van der Waals surface area contributed by atoms with E-state index in [1.165, 1.54) is 5.56 Å². The number of piperazine rings is 1. The Hall–Kier alpha value is -0.580. The Labute approximate surface area is 112 Å². The van der Waals surface area contributed by atoms with Crippen molar-refractivity contribution in [2.75, 3.05) is 32.4 Å². The van der Waals surface area contributed by atoms with Crippen LogP contribution in [0.2, 0.25) is 0 Å². The van der Waals surface area contributed by atoms with Crippen molar-refractivity contribution in [3.8, 4) is 0 Å². The second-order valence-corrected chi connectivity index (χ2v) is 5.77. The fraction of sp³-hybridized carbons (Fsp3) is 0.538. The Morgan fingerprint density at radius 1 is 1.41 bits per heavy atom. The third kappa shape index (κ3) is 3.21. The summed E-state index contributed by atoms with van der Waals surface area (Å²) in [4.78, 5) is 4.91. The van der Waals surface area contributed by atoms with Crippen molar-refractivity contribution in [3.05, 3.63) is 28.2 Å². The van der Waals surface area contributed by atoms with Gasteiger partial charge in [-0.2, -0.15) is 0 Å². The van der Waals surface area contributed by atoms with Gasteiger partial charge in [-0.3, -0.25) is 4.90 Å². The number of likely N-dealkylation sites (N-methyl/N-ethyl adjacent to an activating group) is 1. The fourth-order valence-corrected chi connectivity index (χ4v) is 2.62. The van der Waals surface area contributed by atoms with E-state index in [1.807, 2.05) is 6.07 Å². The lowest BCUT2D eigenvalue weighted by atomic mass is 10.1. The van der Waals surface area contributed by atoms with E-state index in [9.17, 15) is 0 Å². The van der Waals surface area contributed by atoms with Crippen molar-refractivity contribution in [1.82, 2.24) is 9.80 Å². The molecule has 0 bridgehead atoms. The van der Waals surface area contributed by atoms with Crippen LogP contribution >= 0.6 is 15.9 Å². The van der Waals surface area contributed by atoms with Crippen LogP contribution < -0.4 is 5.73 Å². The van der Waals surface area contributed by atoms with Gasteiger partial charge in [-0.1, -0.05) is 6.07 Å². The van der Waals surface area contributed by atoms with E-state index in [0.717, 1.165) is 36.3 Å². The second-order valence-electron chi connectivity index (χ2n) is 4.92. The average molecular weight is 298 g/mol. The maximum absolute atomic E-state index is 5.79. The molecule has 2 rings (SSSR count). The minimum Gasteiger partial charge on any atom is -0.398 e. The molecule has 0 aromatic heterocycles. The second kappa shape index (κ2) is 5.38. The van der Waals surface area contributed by atoms with Crippen LogP contribution in [-0.2, 0) is 6.54 Å². The molecule has 1 aliphatic heterocycles. The van der Waals surface area contributed by atoms with E-state index in [0.29, 0.717) is 6.04 Å². The van der Waals surface area contributed by atoms with E-state index < -0.39 is 0 Å². The summed E-state index contributed by atoms with van der Waals surface area (Å²) in [5, 5.41) is 0. The summed E-state index contributed by atoms with van der Waals surface area (Å²) in [5.41, 5.74) is 7.92. The Balaban J connectivity index is 1.99. The van der Waals surface area contributed by atoms with Gasteiger partial charge < -0.3 is 10.6 Å². The minimum atomic E-state index is 0.640. The molecular weight excluding hydrogens is 278 g/mol. The summed E-state index contributed by atoms with van der Waals surface area (Å²) in [6.45, 7) is 6.72. The minimum absolute atomic E-state index is 0.640. The summed E-state index contributed by atoms with van der Waals surface area (Å²) >= 11 is 3.48. The zero-order chi connectivity index (χ0) is 12.4. The first-order chi connectivity index (χ1) is 8.06. The van der Waals surface area contributed by atoms with Crippen LogP contribution in [0, 0.1) is 0 Å². The Morgan fingerprint density at radius 3 is 2.82 bits per heavy atom. The van der Waals surface area contributed by atoms with E-state index in [2.05, 4.69) is 51.8 Å². The van der Waals surface area contributed by atoms with Crippen LogP contribution in [0.4, 0.5) is 5.69 Å². The first-order valence-corrected chi connectivity index (χ1v) is 6.82. The molecule has 3 nitrogen and oxygen atoms in total. The van der Waals surface area contributed by atoms with Crippen molar-refractivity contribution >= 4 is 21.6 Å². The molecule has 0 radical (unpaired) electrons. The predicted octanol–water partition coefficient (Wildman–Crippen LogP) is 2.17. The van der Waals surface area contributed by atoms with Crippen molar-refractivity contribution in [3.63, 3.8) is 0 Å². The van der Waals surface area contributed by atoms with Gasteiger partial charge in [0.25, 0.3) is 0 Å². The van der Waals surface area contributed by atoms with Gasteiger partial charge in [0, 0.05) is 42.4 Å². The van der Waals surface area contributed by atoms with Crippen molar-refractivity contribution in [1.29, 1.82) is 0 Å². The summed E-state index contributed by atoms with van der Waals surface area (Å²) < 4.78 is 0.997. The topological polar surface area (TPSA) is 32.5 Å². The van der Waals surface area contributed by atoms with E-state index in [-0.39, 0.29) is 0 Å². The molecule has 1 unspecified atom stereocenters. The number of benzene rings is 1. The van der Waals surface area contributed by atoms with Gasteiger partial charge in [0.15, 0.2) is 0 Å². The summed E-state index contributed by atoms with van der Waals surface area (Å²) in [7, 11) is 2.20. The molecule has 1 fully saturated rings. The van der Waals surface area contributed by atoms with Crippen LogP contribution in [0.5, 0.6) is 0 Å². The number of halogens is 1.